The Morgan fingerprint density at radius 3 is 2.67 bits per heavy atom. The number of anilines is 1. The van der Waals surface area contributed by atoms with Crippen LogP contribution in [0.15, 0.2) is 30.7 Å². The smallest absolute Gasteiger partial charge is 0.399 e. The maximum atomic E-state index is 12.5. The lowest BCUT2D eigenvalue weighted by molar-refractivity contribution is -0.176. The number of rotatable bonds is 6. The number of likely N-dealkylation sites (N-methyl/N-ethyl adjacent to an activating group) is 1. The van der Waals surface area contributed by atoms with Crippen LogP contribution in [0.5, 0.6) is 0 Å². The van der Waals surface area contributed by atoms with E-state index in [1.165, 1.54) is 28.9 Å². The van der Waals surface area contributed by atoms with Crippen molar-refractivity contribution in [2.24, 2.45) is 0 Å². The minimum Gasteiger partial charge on any atom is -0.452 e. The minimum atomic E-state index is -4.71. The summed E-state index contributed by atoms with van der Waals surface area (Å²) in [6, 6.07) is 3.41. The van der Waals surface area contributed by atoms with Crippen molar-refractivity contribution in [3.63, 3.8) is 0 Å². The fourth-order valence-corrected chi connectivity index (χ4v) is 2.50. The van der Waals surface area contributed by atoms with E-state index in [1.807, 2.05) is 0 Å². The summed E-state index contributed by atoms with van der Waals surface area (Å²) in [5.74, 6) is -2.25. The van der Waals surface area contributed by atoms with Gasteiger partial charge in [-0.25, -0.2) is 4.68 Å². The largest absolute Gasteiger partial charge is 0.452 e. The molecule has 0 aromatic carbocycles. The van der Waals surface area contributed by atoms with Crippen LogP contribution in [0.2, 0.25) is 5.15 Å². The Bertz CT molecular complexity index is 811. The first-order valence-corrected chi connectivity index (χ1v) is 8.23. The molecule has 0 aliphatic carbocycles. The standard InChI is InChI=1S/C16H16ClF3N4O3/c1-3-23(15(26)10(2)27-13(25)7-16(18,19)20)12-9-24(22-14(12)17)11-5-4-6-21-8-11/h4-6,8-10H,3,7H2,1-2H3. The molecule has 1 atom stereocenters. The van der Waals surface area contributed by atoms with Gasteiger partial charge in [-0.15, -0.1) is 0 Å². The highest BCUT2D eigenvalue weighted by Gasteiger charge is 2.34. The summed E-state index contributed by atoms with van der Waals surface area (Å²) < 4.78 is 42.7. The Balaban J connectivity index is 2.17. The van der Waals surface area contributed by atoms with Crippen molar-refractivity contribution in [1.82, 2.24) is 14.8 Å². The van der Waals surface area contributed by atoms with Crippen LogP contribution in [-0.2, 0) is 14.3 Å². The molecule has 0 radical (unpaired) electrons. The van der Waals surface area contributed by atoms with E-state index in [-0.39, 0.29) is 17.4 Å². The number of esters is 1. The Labute approximate surface area is 157 Å². The summed E-state index contributed by atoms with van der Waals surface area (Å²) in [4.78, 5) is 29.0. The van der Waals surface area contributed by atoms with Gasteiger partial charge in [0.2, 0.25) is 0 Å². The highest BCUT2D eigenvalue weighted by atomic mass is 35.5. The molecule has 2 heterocycles. The average Bonchev–Trinajstić information content (AvgIpc) is 2.96. The van der Waals surface area contributed by atoms with E-state index in [4.69, 9.17) is 11.6 Å². The monoisotopic (exact) mass is 404 g/mol. The van der Waals surface area contributed by atoms with Crippen LogP contribution in [0.1, 0.15) is 20.3 Å². The van der Waals surface area contributed by atoms with Gasteiger partial charge < -0.3 is 9.64 Å². The number of ether oxygens (including phenoxy) is 1. The molecular formula is C16H16ClF3N4O3. The van der Waals surface area contributed by atoms with Gasteiger partial charge in [0.25, 0.3) is 5.91 Å². The predicted octanol–water partition coefficient (Wildman–Crippen LogP) is 3.16. The molecule has 0 saturated heterocycles. The zero-order valence-corrected chi connectivity index (χ0v) is 15.2. The molecule has 1 unspecified atom stereocenters. The van der Waals surface area contributed by atoms with E-state index in [0.717, 1.165) is 0 Å². The summed E-state index contributed by atoms with van der Waals surface area (Å²) in [7, 11) is 0. The van der Waals surface area contributed by atoms with E-state index < -0.39 is 30.6 Å². The van der Waals surface area contributed by atoms with Crippen molar-refractivity contribution in [3.05, 3.63) is 35.9 Å². The maximum absolute atomic E-state index is 12.5. The molecule has 0 aliphatic heterocycles. The molecule has 0 aliphatic rings. The first-order valence-electron chi connectivity index (χ1n) is 7.85. The van der Waals surface area contributed by atoms with E-state index in [1.54, 1.807) is 25.3 Å². The van der Waals surface area contributed by atoms with Gasteiger partial charge in [0.15, 0.2) is 11.3 Å². The van der Waals surface area contributed by atoms with Gasteiger partial charge in [0.1, 0.15) is 12.1 Å². The number of halogens is 4. The molecular weight excluding hydrogens is 389 g/mol. The lowest BCUT2D eigenvalue weighted by Gasteiger charge is -2.23. The molecule has 0 saturated carbocycles. The highest BCUT2D eigenvalue weighted by Crippen LogP contribution is 2.27. The second kappa shape index (κ2) is 8.38. The first-order chi connectivity index (χ1) is 12.6. The molecule has 2 aromatic heterocycles. The van der Waals surface area contributed by atoms with Gasteiger partial charge in [0.05, 0.1) is 18.1 Å². The summed E-state index contributed by atoms with van der Waals surface area (Å²) in [5, 5.41) is 4.10. The van der Waals surface area contributed by atoms with Crippen LogP contribution >= 0.6 is 11.6 Å². The zero-order chi connectivity index (χ0) is 20.2. The number of carbonyl (C=O) groups excluding carboxylic acids is 2. The molecule has 0 bridgehead atoms. The molecule has 0 N–H and O–H groups in total. The predicted molar refractivity (Wildman–Crippen MR) is 90.6 cm³/mol. The molecule has 2 rings (SSSR count). The van der Waals surface area contributed by atoms with Crippen molar-refractivity contribution >= 4 is 29.2 Å². The van der Waals surface area contributed by atoms with Gasteiger partial charge >= 0.3 is 12.1 Å². The number of hydrogen-bond acceptors (Lipinski definition) is 5. The number of carbonyl (C=O) groups is 2. The average molecular weight is 405 g/mol. The van der Waals surface area contributed by atoms with Crippen LogP contribution in [0, 0.1) is 0 Å². The van der Waals surface area contributed by atoms with Crippen molar-refractivity contribution in [2.45, 2.75) is 32.5 Å². The first kappa shape index (κ1) is 20.7. The molecule has 1 amide bonds. The second-order valence-electron chi connectivity index (χ2n) is 5.47. The molecule has 0 spiro atoms. The molecule has 0 fully saturated rings. The van der Waals surface area contributed by atoms with Crippen LogP contribution < -0.4 is 4.90 Å². The number of alkyl halides is 3. The van der Waals surface area contributed by atoms with E-state index in [0.29, 0.717) is 5.69 Å². The van der Waals surface area contributed by atoms with Gasteiger partial charge in [-0.3, -0.25) is 14.6 Å². The number of hydrogen-bond donors (Lipinski definition) is 0. The van der Waals surface area contributed by atoms with Crippen molar-refractivity contribution in [2.75, 3.05) is 11.4 Å². The Kier molecular flexibility index (Phi) is 6.42. The van der Waals surface area contributed by atoms with E-state index >= 15 is 0 Å². The molecule has 27 heavy (non-hydrogen) atoms. The molecule has 11 heteroatoms. The maximum Gasteiger partial charge on any atom is 0.399 e. The van der Waals surface area contributed by atoms with Crippen LogP contribution in [0.3, 0.4) is 0 Å². The van der Waals surface area contributed by atoms with Crippen LogP contribution in [0.25, 0.3) is 5.69 Å². The lowest BCUT2D eigenvalue weighted by atomic mass is 10.3. The summed E-state index contributed by atoms with van der Waals surface area (Å²) in [5.41, 5.74) is 0.825. The normalized spacial score (nSPS) is 12.5. The number of nitrogens with zero attached hydrogens (tertiary/aromatic N) is 4. The van der Waals surface area contributed by atoms with Gasteiger partial charge in [-0.2, -0.15) is 18.3 Å². The fraction of sp³-hybridized carbons (Fsp3) is 0.375. The summed E-state index contributed by atoms with van der Waals surface area (Å²) in [6.07, 6.45) is -3.31. The summed E-state index contributed by atoms with van der Waals surface area (Å²) >= 11 is 6.11. The third-order valence-electron chi connectivity index (χ3n) is 3.44. The van der Waals surface area contributed by atoms with Gasteiger partial charge in [0, 0.05) is 12.7 Å². The van der Waals surface area contributed by atoms with Crippen LogP contribution in [0.4, 0.5) is 18.9 Å². The Morgan fingerprint density at radius 1 is 1.41 bits per heavy atom. The number of amides is 1. The third kappa shape index (κ3) is 5.43. The summed E-state index contributed by atoms with van der Waals surface area (Å²) in [6.45, 7) is 2.97. The zero-order valence-electron chi connectivity index (χ0n) is 14.4. The van der Waals surface area contributed by atoms with Crippen molar-refractivity contribution in [3.8, 4) is 5.69 Å². The fourth-order valence-electron chi connectivity index (χ4n) is 2.26. The molecule has 7 nitrogen and oxygen atoms in total. The number of aromatic nitrogens is 3. The van der Waals surface area contributed by atoms with Crippen molar-refractivity contribution < 1.29 is 27.5 Å². The Morgan fingerprint density at radius 2 is 2.11 bits per heavy atom. The topological polar surface area (TPSA) is 77.3 Å². The SMILES string of the molecule is CCN(C(=O)C(C)OC(=O)CC(F)(F)F)c1cn(-c2cccnc2)nc1Cl. The Hall–Kier alpha value is -2.62. The van der Waals surface area contributed by atoms with Gasteiger partial charge in [-0.1, -0.05) is 11.6 Å². The van der Waals surface area contributed by atoms with Gasteiger partial charge in [-0.05, 0) is 26.0 Å². The van der Waals surface area contributed by atoms with Crippen molar-refractivity contribution in [1.29, 1.82) is 0 Å². The second-order valence-corrected chi connectivity index (χ2v) is 5.83. The molecule has 146 valence electrons. The highest BCUT2D eigenvalue weighted by molar-refractivity contribution is 6.32. The third-order valence-corrected chi connectivity index (χ3v) is 3.70. The number of pyridine rings is 1. The van der Waals surface area contributed by atoms with E-state index in [9.17, 15) is 22.8 Å². The quantitative estimate of drug-likeness (QED) is 0.691. The molecule has 2 aromatic rings. The van der Waals surface area contributed by atoms with Crippen LogP contribution in [-0.4, -0.2) is 45.5 Å². The van der Waals surface area contributed by atoms with E-state index in [2.05, 4.69) is 14.8 Å². The minimum absolute atomic E-state index is 0.00266. The lowest BCUT2D eigenvalue weighted by Crippen LogP contribution is -2.40.